The molecule has 2 aliphatic heterocycles. The SMILES string of the molecule is COc1ccccc1N(CC(F)(F)F)C(=O)[C@@H]1C[C@H]2CC[C@H]1O2. The van der Waals surface area contributed by atoms with Crippen LogP contribution in [-0.4, -0.2) is 37.9 Å². The number of hydrogen-bond acceptors (Lipinski definition) is 3. The Morgan fingerprint density at radius 1 is 1.35 bits per heavy atom. The van der Waals surface area contributed by atoms with E-state index in [2.05, 4.69) is 0 Å². The van der Waals surface area contributed by atoms with Crippen LogP contribution >= 0.6 is 0 Å². The molecule has 3 atom stereocenters. The molecule has 0 aromatic heterocycles. The van der Waals surface area contributed by atoms with E-state index in [0.717, 1.165) is 17.7 Å². The summed E-state index contributed by atoms with van der Waals surface area (Å²) in [4.78, 5) is 13.6. The van der Waals surface area contributed by atoms with Gasteiger partial charge < -0.3 is 9.47 Å². The van der Waals surface area contributed by atoms with E-state index in [1.165, 1.54) is 13.2 Å². The molecular formula is C16H18F3NO3. The summed E-state index contributed by atoms with van der Waals surface area (Å²) in [6.07, 6.45) is -2.66. The van der Waals surface area contributed by atoms with Gasteiger partial charge in [-0.25, -0.2) is 0 Å². The predicted octanol–water partition coefficient (Wildman–Crippen LogP) is 3.16. The highest BCUT2D eigenvalue weighted by molar-refractivity contribution is 5.97. The van der Waals surface area contributed by atoms with E-state index in [4.69, 9.17) is 9.47 Å². The molecule has 3 rings (SSSR count). The molecule has 1 amide bonds. The van der Waals surface area contributed by atoms with Crippen LogP contribution in [0.4, 0.5) is 18.9 Å². The van der Waals surface area contributed by atoms with E-state index >= 15 is 0 Å². The van der Waals surface area contributed by atoms with Crippen LogP contribution in [0.1, 0.15) is 19.3 Å². The molecule has 4 nitrogen and oxygen atoms in total. The number of fused-ring (bicyclic) bond motifs is 2. The average Bonchev–Trinajstić information content (AvgIpc) is 3.14. The summed E-state index contributed by atoms with van der Waals surface area (Å²) < 4.78 is 49.7. The molecule has 7 heteroatoms. The van der Waals surface area contributed by atoms with Crippen LogP contribution < -0.4 is 9.64 Å². The highest BCUT2D eigenvalue weighted by Crippen LogP contribution is 2.41. The summed E-state index contributed by atoms with van der Waals surface area (Å²) in [5.74, 6) is -0.811. The second kappa shape index (κ2) is 6.03. The molecule has 0 saturated carbocycles. The summed E-state index contributed by atoms with van der Waals surface area (Å²) in [6, 6.07) is 6.25. The summed E-state index contributed by atoms with van der Waals surface area (Å²) in [7, 11) is 1.37. The van der Waals surface area contributed by atoms with Crippen LogP contribution in [0.15, 0.2) is 24.3 Å². The lowest BCUT2D eigenvalue weighted by molar-refractivity contribution is -0.135. The Balaban J connectivity index is 1.90. The lowest BCUT2D eigenvalue weighted by atomic mass is 9.88. The monoisotopic (exact) mass is 329 g/mol. The molecule has 2 fully saturated rings. The van der Waals surface area contributed by atoms with Crippen molar-refractivity contribution >= 4 is 11.6 Å². The van der Waals surface area contributed by atoms with Crippen molar-refractivity contribution in [3.05, 3.63) is 24.3 Å². The van der Waals surface area contributed by atoms with Crippen LogP contribution in [0, 0.1) is 5.92 Å². The number of ether oxygens (including phenoxy) is 2. The highest BCUT2D eigenvalue weighted by atomic mass is 19.4. The van der Waals surface area contributed by atoms with Gasteiger partial charge in [0.05, 0.1) is 30.9 Å². The third kappa shape index (κ3) is 3.29. The Kier molecular flexibility index (Phi) is 4.23. The first kappa shape index (κ1) is 16.1. The van der Waals surface area contributed by atoms with E-state index in [1.807, 2.05) is 0 Å². The zero-order chi connectivity index (χ0) is 16.6. The zero-order valence-corrected chi connectivity index (χ0v) is 12.7. The van der Waals surface area contributed by atoms with Gasteiger partial charge in [0.15, 0.2) is 0 Å². The normalized spacial score (nSPS) is 26.3. The van der Waals surface area contributed by atoms with E-state index in [1.54, 1.807) is 18.2 Å². The topological polar surface area (TPSA) is 38.8 Å². The molecule has 0 unspecified atom stereocenters. The van der Waals surface area contributed by atoms with Crippen molar-refractivity contribution in [2.45, 2.75) is 37.6 Å². The molecule has 1 aromatic rings. The van der Waals surface area contributed by atoms with Gasteiger partial charge in [-0.15, -0.1) is 0 Å². The fraction of sp³-hybridized carbons (Fsp3) is 0.562. The van der Waals surface area contributed by atoms with Gasteiger partial charge in [0, 0.05) is 0 Å². The first-order valence-corrected chi connectivity index (χ1v) is 7.55. The quantitative estimate of drug-likeness (QED) is 0.852. The molecule has 2 saturated heterocycles. The van der Waals surface area contributed by atoms with Crippen LogP contribution in [0.2, 0.25) is 0 Å². The first-order valence-electron chi connectivity index (χ1n) is 7.55. The van der Waals surface area contributed by atoms with Gasteiger partial charge in [-0.2, -0.15) is 13.2 Å². The third-order valence-corrected chi connectivity index (χ3v) is 4.40. The molecular weight excluding hydrogens is 311 g/mol. The molecule has 126 valence electrons. The molecule has 23 heavy (non-hydrogen) atoms. The van der Waals surface area contributed by atoms with E-state index in [0.29, 0.717) is 6.42 Å². The Morgan fingerprint density at radius 3 is 2.65 bits per heavy atom. The molecule has 0 spiro atoms. The summed E-state index contributed by atoms with van der Waals surface area (Å²) in [5.41, 5.74) is 0.139. The summed E-state index contributed by atoms with van der Waals surface area (Å²) in [6.45, 7) is -1.33. The van der Waals surface area contributed by atoms with Crippen molar-refractivity contribution in [2.24, 2.45) is 5.92 Å². The van der Waals surface area contributed by atoms with Crippen molar-refractivity contribution in [3.63, 3.8) is 0 Å². The lowest BCUT2D eigenvalue weighted by Gasteiger charge is -2.30. The molecule has 0 radical (unpaired) electrons. The van der Waals surface area contributed by atoms with Crippen LogP contribution in [0.25, 0.3) is 0 Å². The predicted molar refractivity (Wildman–Crippen MR) is 77.4 cm³/mol. The lowest BCUT2D eigenvalue weighted by Crippen LogP contribution is -2.45. The smallest absolute Gasteiger partial charge is 0.406 e. The Hall–Kier alpha value is -1.76. The van der Waals surface area contributed by atoms with E-state index in [9.17, 15) is 18.0 Å². The maximum absolute atomic E-state index is 13.0. The molecule has 0 aliphatic carbocycles. The number of benzene rings is 1. The largest absolute Gasteiger partial charge is 0.495 e. The van der Waals surface area contributed by atoms with Gasteiger partial charge in [0.2, 0.25) is 5.91 Å². The minimum atomic E-state index is -4.49. The zero-order valence-electron chi connectivity index (χ0n) is 12.7. The fourth-order valence-electron chi connectivity index (χ4n) is 3.41. The fourth-order valence-corrected chi connectivity index (χ4v) is 3.41. The average molecular weight is 329 g/mol. The van der Waals surface area contributed by atoms with Gasteiger partial charge in [0.25, 0.3) is 0 Å². The van der Waals surface area contributed by atoms with Gasteiger partial charge in [0.1, 0.15) is 12.3 Å². The van der Waals surface area contributed by atoms with Crippen LogP contribution in [0.5, 0.6) is 5.75 Å². The van der Waals surface area contributed by atoms with Crippen LogP contribution in [-0.2, 0) is 9.53 Å². The molecule has 2 bridgehead atoms. The van der Waals surface area contributed by atoms with E-state index in [-0.39, 0.29) is 23.6 Å². The number of anilines is 1. The highest BCUT2D eigenvalue weighted by Gasteiger charge is 2.47. The van der Waals surface area contributed by atoms with Gasteiger partial charge in [-0.1, -0.05) is 12.1 Å². The van der Waals surface area contributed by atoms with Crippen molar-refractivity contribution in [2.75, 3.05) is 18.6 Å². The van der Waals surface area contributed by atoms with Crippen molar-refractivity contribution in [3.8, 4) is 5.75 Å². The Morgan fingerprint density at radius 2 is 2.09 bits per heavy atom. The number of methoxy groups -OCH3 is 1. The van der Waals surface area contributed by atoms with Gasteiger partial charge >= 0.3 is 6.18 Å². The van der Waals surface area contributed by atoms with Gasteiger partial charge in [-0.3, -0.25) is 9.69 Å². The van der Waals surface area contributed by atoms with Crippen molar-refractivity contribution in [1.82, 2.24) is 0 Å². The second-order valence-corrected chi connectivity index (χ2v) is 5.93. The minimum absolute atomic E-state index is 0.000597. The number of halogens is 3. The maximum atomic E-state index is 13.0. The molecule has 2 heterocycles. The van der Waals surface area contributed by atoms with E-state index < -0.39 is 24.5 Å². The van der Waals surface area contributed by atoms with Crippen molar-refractivity contribution in [1.29, 1.82) is 0 Å². The maximum Gasteiger partial charge on any atom is 0.406 e. The number of carbonyl (C=O) groups is 1. The standard InChI is InChI=1S/C16H18F3NO3/c1-22-14-5-3-2-4-12(14)20(9-16(17,18)19)15(21)11-8-10-6-7-13(11)23-10/h2-5,10-11,13H,6-9H2,1H3/t10-,11-,13-/m1/s1. The number of para-hydroxylation sites is 2. The Labute approximate surface area is 132 Å². The Bertz CT molecular complexity index is 590. The van der Waals surface area contributed by atoms with Crippen molar-refractivity contribution < 1.29 is 27.4 Å². The molecule has 2 aliphatic rings. The number of carbonyl (C=O) groups excluding carboxylic acids is 1. The summed E-state index contributed by atoms with van der Waals surface area (Å²) >= 11 is 0. The number of hydrogen-bond donors (Lipinski definition) is 0. The minimum Gasteiger partial charge on any atom is -0.495 e. The number of nitrogens with zero attached hydrogens (tertiary/aromatic N) is 1. The van der Waals surface area contributed by atoms with Crippen LogP contribution in [0.3, 0.4) is 0 Å². The number of rotatable bonds is 4. The molecule has 0 N–H and O–H groups in total. The second-order valence-electron chi connectivity index (χ2n) is 5.93. The number of alkyl halides is 3. The first-order chi connectivity index (χ1) is 10.9. The number of amides is 1. The third-order valence-electron chi connectivity index (χ3n) is 4.40. The van der Waals surface area contributed by atoms with Gasteiger partial charge in [-0.05, 0) is 31.4 Å². The molecule has 1 aromatic carbocycles. The summed E-state index contributed by atoms with van der Waals surface area (Å²) in [5, 5.41) is 0.